The number of thiocarbonyl (C=S) groups is 1. The van der Waals surface area contributed by atoms with Crippen LogP contribution in [0.15, 0.2) is 0 Å². The van der Waals surface area contributed by atoms with Crippen LogP contribution in [0, 0.1) is 18.6 Å². The maximum atomic E-state index is 5.99. The fourth-order valence-corrected chi connectivity index (χ4v) is 2.70. The molecule has 0 saturated carbocycles. The average Bonchev–Trinajstić information content (AvgIpc) is 2.49. The molecule has 22 heavy (non-hydrogen) atoms. The maximum Gasteiger partial charge on any atom is 0.266 e. The van der Waals surface area contributed by atoms with Crippen molar-refractivity contribution in [2.24, 2.45) is 0 Å². The monoisotopic (exact) mass is 343 g/mol. The molecule has 7 heteroatoms. The van der Waals surface area contributed by atoms with E-state index in [4.69, 9.17) is 33.9 Å². The predicted molar refractivity (Wildman–Crippen MR) is 95.2 cm³/mol. The highest BCUT2D eigenvalue weighted by atomic mass is 32.1. The molecule has 0 amide bonds. The molecule has 0 fully saturated rings. The molecule has 0 aliphatic rings. The molecule has 0 spiro atoms. The van der Waals surface area contributed by atoms with E-state index in [1.165, 1.54) is 0 Å². The van der Waals surface area contributed by atoms with Gasteiger partial charge < -0.3 is 14.4 Å². The van der Waals surface area contributed by atoms with Crippen LogP contribution in [-0.2, 0) is 11.3 Å². The van der Waals surface area contributed by atoms with E-state index in [9.17, 15) is 0 Å². The van der Waals surface area contributed by atoms with E-state index in [-0.39, 0.29) is 0 Å². The van der Waals surface area contributed by atoms with Crippen LogP contribution in [0.5, 0.6) is 5.88 Å². The van der Waals surface area contributed by atoms with Crippen LogP contribution in [-0.4, -0.2) is 46.4 Å². The zero-order valence-corrected chi connectivity index (χ0v) is 15.6. The van der Waals surface area contributed by atoms with Crippen molar-refractivity contribution in [3.8, 4) is 5.88 Å². The summed E-state index contributed by atoms with van der Waals surface area (Å²) < 4.78 is 13.5. The molecule has 0 aromatic carbocycles. The quantitative estimate of drug-likeness (QED) is 0.559. The van der Waals surface area contributed by atoms with Crippen molar-refractivity contribution >= 4 is 29.6 Å². The Morgan fingerprint density at radius 1 is 1.27 bits per heavy atom. The molecule has 124 valence electrons. The van der Waals surface area contributed by atoms with Crippen molar-refractivity contribution in [1.29, 1.82) is 0 Å². The second-order valence-corrected chi connectivity index (χ2v) is 5.66. The zero-order valence-electron chi connectivity index (χ0n) is 14.0. The van der Waals surface area contributed by atoms with Crippen molar-refractivity contribution in [2.45, 2.75) is 40.7 Å². The lowest BCUT2D eigenvalue weighted by molar-refractivity contribution is 0.189. The standard InChI is InChI=1S/C15H25N3O2S2/c1-6-17(7-2)15(22)20-13-11(3)12(4)16-14(21)18(13)9-8-10-19-5/h6-10H2,1-5H3. The van der Waals surface area contributed by atoms with Crippen LogP contribution in [0.4, 0.5) is 0 Å². The minimum atomic E-state index is 0.466. The lowest BCUT2D eigenvalue weighted by Crippen LogP contribution is -2.34. The SMILES string of the molecule is CCN(CC)C(=S)Oc1c(C)c(C)nc(=S)n1CCCOC. The van der Waals surface area contributed by atoms with Crippen LogP contribution in [0.25, 0.3) is 0 Å². The fraction of sp³-hybridized carbons (Fsp3) is 0.667. The van der Waals surface area contributed by atoms with Gasteiger partial charge in [0.25, 0.3) is 5.17 Å². The summed E-state index contributed by atoms with van der Waals surface area (Å²) in [5, 5.41) is 0.466. The third kappa shape index (κ3) is 4.72. The molecular weight excluding hydrogens is 318 g/mol. The van der Waals surface area contributed by atoms with Gasteiger partial charge in [-0.3, -0.25) is 4.57 Å². The summed E-state index contributed by atoms with van der Waals surface area (Å²) in [6, 6.07) is 0. The molecule has 0 saturated heterocycles. The Hall–Kier alpha value is -1.05. The second-order valence-electron chi connectivity index (χ2n) is 4.95. The summed E-state index contributed by atoms with van der Waals surface area (Å²) in [6.07, 6.45) is 0.837. The molecule has 0 atom stereocenters. The van der Waals surface area contributed by atoms with E-state index < -0.39 is 0 Å². The normalized spacial score (nSPS) is 10.6. The number of hydrogen-bond acceptors (Lipinski definition) is 5. The first-order valence-corrected chi connectivity index (χ1v) is 8.31. The van der Waals surface area contributed by atoms with Crippen LogP contribution < -0.4 is 4.74 Å². The molecule has 0 bridgehead atoms. The summed E-state index contributed by atoms with van der Waals surface area (Å²) in [5.41, 5.74) is 1.82. The van der Waals surface area contributed by atoms with Crippen molar-refractivity contribution < 1.29 is 9.47 Å². The van der Waals surface area contributed by atoms with Gasteiger partial charge in [-0.25, -0.2) is 4.98 Å². The number of rotatable bonds is 7. The Kier molecular flexibility index (Phi) is 7.92. The molecule has 0 unspecified atom stereocenters. The first kappa shape index (κ1) is 19.0. The summed E-state index contributed by atoms with van der Waals surface area (Å²) in [7, 11) is 1.69. The molecule has 0 aliphatic heterocycles. The Balaban J connectivity index is 3.14. The molecule has 1 aromatic rings. The van der Waals surface area contributed by atoms with Gasteiger partial charge in [0, 0.05) is 44.6 Å². The molecule has 5 nitrogen and oxygen atoms in total. The van der Waals surface area contributed by atoms with Crippen LogP contribution >= 0.6 is 24.4 Å². The number of methoxy groups -OCH3 is 1. The predicted octanol–water partition coefficient (Wildman–Crippen LogP) is 3.27. The lowest BCUT2D eigenvalue weighted by atomic mass is 10.2. The van der Waals surface area contributed by atoms with Gasteiger partial charge >= 0.3 is 0 Å². The molecule has 1 aromatic heterocycles. The highest BCUT2D eigenvalue weighted by molar-refractivity contribution is 7.80. The second kappa shape index (κ2) is 9.17. The van der Waals surface area contributed by atoms with Gasteiger partial charge in [-0.1, -0.05) is 0 Å². The van der Waals surface area contributed by atoms with Gasteiger partial charge in [0.15, 0.2) is 0 Å². The van der Waals surface area contributed by atoms with E-state index in [0.29, 0.717) is 29.0 Å². The molecule has 0 aliphatic carbocycles. The van der Waals surface area contributed by atoms with Crippen LogP contribution in [0.2, 0.25) is 0 Å². The third-order valence-corrected chi connectivity index (χ3v) is 4.19. The number of ether oxygens (including phenoxy) is 2. The molecule has 0 N–H and O–H groups in total. The highest BCUT2D eigenvalue weighted by Crippen LogP contribution is 2.22. The van der Waals surface area contributed by atoms with Gasteiger partial charge in [0.05, 0.1) is 0 Å². The Morgan fingerprint density at radius 2 is 1.91 bits per heavy atom. The van der Waals surface area contributed by atoms with Gasteiger partial charge in [0.2, 0.25) is 10.7 Å². The topological polar surface area (TPSA) is 39.5 Å². The van der Waals surface area contributed by atoms with Crippen molar-refractivity contribution in [1.82, 2.24) is 14.5 Å². The van der Waals surface area contributed by atoms with Gasteiger partial charge in [-0.15, -0.1) is 0 Å². The van der Waals surface area contributed by atoms with Crippen LogP contribution in [0.3, 0.4) is 0 Å². The minimum Gasteiger partial charge on any atom is -0.414 e. The first-order chi connectivity index (χ1) is 10.5. The summed E-state index contributed by atoms with van der Waals surface area (Å²) >= 11 is 10.8. The number of hydrogen-bond donors (Lipinski definition) is 0. The Morgan fingerprint density at radius 3 is 2.45 bits per heavy atom. The van der Waals surface area contributed by atoms with Crippen LogP contribution in [0.1, 0.15) is 31.5 Å². The average molecular weight is 344 g/mol. The number of nitrogens with zero attached hydrogens (tertiary/aromatic N) is 3. The van der Waals surface area contributed by atoms with Gasteiger partial charge in [-0.05, 0) is 58.6 Å². The Bertz CT molecular complexity index is 569. The largest absolute Gasteiger partial charge is 0.414 e. The van der Waals surface area contributed by atoms with E-state index in [1.54, 1.807) is 7.11 Å². The summed E-state index contributed by atoms with van der Waals surface area (Å²) in [5.74, 6) is 0.686. The molecular formula is C15H25N3O2S2. The van der Waals surface area contributed by atoms with E-state index in [2.05, 4.69) is 18.8 Å². The zero-order chi connectivity index (χ0) is 16.7. The molecule has 1 heterocycles. The molecule has 0 radical (unpaired) electrons. The van der Waals surface area contributed by atoms with E-state index in [1.807, 2.05) is 23.3 Å². The number of aryl methyl sites for hydroxylation is 1. The minimum absolute atomic E-state index is 0.466. The van der Waals surface area contributed by atoms with Crippen molar-refractivity contribution in [3.05, 3.63) is 16.0 Å². The fourth-order valence-electron chi connectivity index (χ4n) is 2.06. The maximum absolute atomic E-state index is 5.99. The van der Waals surface area contributed by atoms with Crippen molar-refractivity contribution in [3.63, 3.8) is 0 Å². The van der Waals surface area contributed by atoms with Crippen molar-refractivity contribution in [2.75, 3.05) is 26.8 Å². The molecule has 1 rings (SSSR count). The van der Waals surface area contributed by atoms with E-state index in [0.717, 1.165) is 30.8 Å². The first-order valence-electron chi connectivity index (χ1n) is 7.49. The van der Waals surface area contributed by atoms with Gasteiger partial charge in [0.1, 0.15) is 0 Å². The Labute approximate surface area is 143 Å². The highest BCUT2D eigenvalue weighted by Gasteiger charge is 2.16. The van der Waals surface area contributed by atoms with E-state index >= 15 is 0 Å². The summed E-state index contributed by atoms with van der Waals surface area (Å²) in [4.78, 5) is 6.40. The third-order valence-electron chi connectivity index (χ3n) is 3.54. The summed E-state index contributed by atoms with van der Waals surface area (Å²) in [6.45, 7) is 11.0. The number of aromatic nitrogens is 2. The van der Waals surface area contributed by atoms with Gasteiger partial charge in [-0.2, -0.15) is 0 Å². The smallest absolute Gasteiger partial charge is 0.266 e. The lowest BCUT2D eigenvalue weighted by Gasteiger charge is -2.24.